The molecule has 5 aromatic rings. The number of carbonyl (C=O) groups is 1. The first-order valence-corrected chi connectivity index (χ1v) is 13.5. The number of aromatic carboxylic acids is 1. The Morgan fingerprint density at radius 2 is 1.24 bits per heavy atom. The summed E-state index contributed by atoms with van der Waals surface area (Å²) in [6.07, 6.45) is 0. The van der Waals surface area contributed by atoms with Gasteiger partial charge < -0.3 is 30.4 Å². The van der Waals surface area contributed by atoms with Crippen molar-refractivity contribution in [3.63, 3.8) is 0 Å². The Kier molecular flexibility index (Phi) is 7.35. The van der Waals surface area contributed by atoms with Gasteiger partial charge in [-0.1, -0.05) is 30.3 Å². The number of hydrogen-bond donors (Lipinski definition) is 3. The lowest BCUT2D eigenvalue weighted by Gasteiger charge is -2.12. The van der Waals surface area contributed by atoms with Crippen LogP contribution in [0, 0.1) is 0 Å². The maximum absolute atomic E-state index is 11.4. The molecular formula is C29H19N5O7S-2. The molecule has 0 amide bonds. The molecule has 12 nitrogen and oxygen atoms in total. The van der Waals surface area contributed by atoms with Crippen molar-refractivity contribution in [2.24, 2.45) is 20.5 Å². The number of phenols is 2. The number of carboxylic acid groups (broad SMARTS) is 1. The van der Waals surface area contributed by atoms with E-state index in [2.05, 4.69) is 20.5 Å². The van der Waals surface area contributed by atoms with Crippen LogP contribution in [-0.2, 0) is 10.1 Å². The van der Waals surface area contributed by atoms with Gasteiger partial charge in [-0.3, -0.25) is 0 Å². The monoisotopic (exact) mass is 581 g/mol. The van der Waals surface area contributed by atoms with Gasteiger partial charge in [0.05, 0.1) is 39.0 Å². The predicted molar refractivity (Wildman–Crippen MR) is 151 cm³/mol. The first kappa shape index (κ1) is 27.9. The molecule has 0 bridgehead atoms. The third-order valence-electron chi connectivity index (χ3n) is 6.18. The fourth-order valence-electron chi connectivity index (χ4n) is 4.08. The number of rotatable bonds is 7. The Morgan fingerprint density at radius 3 is 1.81 bits per heavy atom. The summed E-state index contributed by atoms with van der Waals surface area (Å²) in [6, 6.07) is 22.9. The van der Waals surface area contributed by atoms with Crippen LogP contribution in [0.15, 0.2) is 116 Å². The van der Waals surface area contributed by atoms with E-state index >= 15 is 0 Å². The number of nitrogens with two attached hydrogens (primary N) is 1. The maximum Gasteiger partial charge on any atom is 0.126 e. The van der Waals surface area contributed by atoms with Gasteiger partial charge in [0, 0.05) is 5.56 Å². The summed E-state index contributed by atoms with van der Waals surface area (Å²) >= 11 is 0. The number of nitrogens with zero attached hydrogens (tertiary/aromatic N) is 4. The van der Waals surface area contributed by atoms with Crippen LogP contribution in [0.3, 0.4) is 0 Å². The number of phenolic OH excluding ortho intramolecular Hbond substituents is 1. The largest absolute Gasteiger partial charge is 0.744 e. The minimum absolute atomic E-state index is 0.122. The molecule has 0 atom stereocenters. The number of benzene rings is 5. The van der Waals surface area contributed by atoms with Crippen LogP contribution in [0.5, 0.6) is 11.5 Å². The lowest BCUT2D eigenvalue weighted by molar-refractivity contribution is -0.255. The number of aromatic hydroxyl groups is 2. The number of fused-ring (bicyclic) bond motifs is 1. The van der Waals surface area contributed by atoms with Crippen LogP contribution >= 0.6 is 0 Å². The van der Waals surface area contributed by atoms with E-state index in [1.54, 1.807) is 24.3 Å². The average molecular weight is 582 g/mol. The van der Waals surface area contributed by atoms with E-state index < -0.39 is 32.5 Å². The molecule has 210 valence electrons. The summed E-state index contributed by atoms with van der Waals surface area (Å²) in [5.41, 5.74) is 8.94. The molecule has 5 aromatic carbocycles. The zero-order chi connectivity index (χ0) is 30.0. The molecule has 0 aliphatic heterocycles. The third kappa shape index (κ3) is 5.91. The zero-order valence-corrected chi connectivity index (χ0v) is 22.2. The second kappa shape index (κ2) is 11.1. The highest BCUT2D eigenvalue weighted by Gasteiger charge is 2.14. The van der Waals surface area contributed by atoms with Crippen LogP contribution in [-0.4, -0.2) is 29.2 Å². The summed E-state index contributed by atoms with van der Waals surface area (Å²) in [7, 11) is -4.78. The molecule has 42 heavy (non-hydrogen) atoms. The molecule has 0 radical (unpaired) electrons. The van der Waals surface area contributed by atoms with Gasteiger partial charge in [0.15, 0.2) is 0 Å². The number of nitrogen functional groups attached to an aromatic ring is 1. The summed E-state index contributed by atoms with van der Waals surface area (Å²) < 4.78 is 34.2. The fraction of sp³-hybridized carbons (Fsp3) is 0. The van der Waals surface area contributed by atoms with Crippen LogP contribution in [0.4, 0.5) is 28.4 Å². The standard InChI is InChI=1S/C29H21N5O7S/c30-24-11-5-18-13-22(42(39,40)41)15-26(36)27(18)28(24)34-32-20-8-3-17(4-9-20)16-1-6-19(7-2-16)31-33-21-10-12-25(35)23(14-21)29(37)38/h1-15,35-36H,30H2,(H,37,38)(H,39,40,41)/p-2. The molecule has 0 heterocycles. The SMILES string of the molecule is Nc1ccc2cc(S(=O)(=O)[O-])cc(O)c2c1N=Nc1ccc(-c2ccc(N=Nc3ccc(O)c(C(=O)[O-])c3)cc2)cc1. The van der Waals surface area contributed by atoms with E-state index in [0.717, 1.165) is 29.3 Å². The first-order valence-electron chi connectivity index (χ1n) is 12.1. The lowest BCUT2D eigenvalue weighted by Crippen LogP contribution is -2.22. The van der Waals surface area contributed by atoms with Crippen LogP contribution < -0.4 is 10.8 Å². The molecule has 0 saturated carbocycles. The van der Waals surface area contributed by atoms with E-state index in [4.69, 9.17) is 5.73 Å². The van der Waals surface area contributed by atoms with Gasteiger partial charge in [0.25, 0.3) is 0 Å². The Bertz CT molecular complexity index is 2010. The van der Waals surface area contributed by atoms with E-state index in [1.807, 2.05) is 24.3 Å². The normalized spacial score (nSPS) is 11.9. The maximum atomic E-state index is 11.4. The second-order valence-electron chi connectivity index (χ2n) is 8.98. The summed E-state index contributed by atoms with van der Waals surface area (Å²) in [6.45, 7) is 0. The molecule has 5 rings (SSSR count). The van der Waals surface area contributed by atoms with Crippen molar-refractivity contribution >= 4 is 55.3 Å². The summed E-state index contributed by atoms with van der Waals surface area (Å²) in [5, 5.41) is 47.9. The number of carboxylic acids is 1. The Hall–Kier alpha value is -5.66. The Balaban J connectivity index is 1.34. The smallest absolute Gasteiger partial charge is 0.126 e. The van der Waals surface area contributed by atoms with E-state index in [0.29, 0.717) is 11.4 Å². The van der Waals surface area contributed by atoms with Crippen molar-refractivity contribution in [2.45, 2.75) is 4.90 Å². The van der Waals surface area contributed by atoms with Crippen LogP contribution in [0.1, 0.15) is 10.4 Å². The molecule has 4 N–H and O–H groups in total. The highest BCUT2D eigenvalue weighted by atomic mass is 32.2. The molecule has 0 aromatic heterocycles. The van der Waals surface area contributed by atoms with Crippen molar-refractivity contribution in [1.82, 2.24) is 0 Å². The van der Waals surface area contributed by atoms with Gasteiger partial charge in [0.1, 0.15) is 27.3 Å². The van der Waals surface area contributed by atoms with Crippen molar-refractivity contribution < 1.29 is 33.1 Å². The molecule has 0 fully saturated rings. The second-order valence-corrected chi connectivity index (χ2v) is 10.4. The zero-order valence-electron chi connectivity index (χ0n) is 21.4. The van der Waals surface area contributed by atoms with Gasteiger partial charge in [-0.15, -0.1) is 5.11 Å². The molecular weight excluding hydrogens is 562 g/mol. The summed E-state index contributed by atoms with van der Waals surface area (Å²) in [4.78, 5) is 10.5. The quantitative estimate of drug-likeness (QED) is 0.125. The van der Waals surface area contributed by atoms with Crippen LogP contribution in [0.25, 0.3) is 21.9 Å². The number of carbonyl (C=O) groups excluding carboxylic acids is 1. The molecule has 0 unspecified atom stereocenters. The Morgan fingerprint density at radius 1 is 0.690 bits per heavy atom. The number of hydrogen-bond acceptors (Lipinski definition) is 12. The minimum atomic E-state index is -4.78. The number of azo groups is 2. The fourth-order valence-corrected chi connectivity index (χ4v) is 4.61. The molecule has 0 aliphatic carbocycles. The van der Waals surface area contributed by atoms with Crippen molar-refractivity contribution in [3.05, 3.63) is 96.6 Å². The van der Waals surface area contributed by atoms with Crippen molar-refractivity contribution in [2.75, 3.05) is 5.73 Å². The average Bonchev–Trinajstić information content (AvgIpc) is 2.96. The Labute approximate surface area is 238 Å². The van der Waals surface area contributed by atoms with Gasteiger partial charge in [-0.05, 0) is 77.2 Å². The molecule has 0 saturated heterocycles. The molecule has 0 spiro atoms. The van der Waals surface area contributed by atoms with Crippen LogP contribution in [0.2, 0.25) is 0 Å². The lowest BCUT2D eigenvalue weighted by atomic mass is 10.1. The van der Waals surface area contributed by atoms with Crippen molar-refractivity contribution in [1.29, 1.82) is 0 Å². The predicted octanol–water partition coefficient (Wildman–Crippen LogP) is 5.60. The van der Waals surface area contributed by atoms with E-state index in [-0.39, 0.29) is 33.4 Å². The van der Waals surface area contributed by atoms with Gasteiger partial charge in [-0.2, -0.15) is 15.3 Å². The highest BCUT2D eigenvalue weighted by Crippen LogP contribution is 2.40. The molecule has 0 aliphatic rings. The summed E-state index contributed by atoms with van der Waals surface area (Å²) in [5.74, 6) is -2.40. The minimum Gasteiger partial charge on any atom is -0.744 e. The van der Waals surface area contributed by atoms with Gasteiger partial charge >= 0.3 is 0 Å². The van der Waals surface area contributed by atoms with Gasteiger partial charge in [-0.25, -0.2) is 8.42 Å². The number of anilines is 1. The molecule has 13 heteroatoms. The third-order valence-corrected chi connectivity index (χ3v) is 6.99. The van der Waals surface area contributed by atoms with Gasteiger partial charge in [0.2, 0.25) is 0 Å². The van der Waals surface area contributed by atoms with E-state index in [9.17, 15) is 33.1 Å². The highest BCUT2D eigenvalue weighted by molar-refractivity contribution is 7.85. The first-order chi connectivity index (χ1) is 20.0. The van der Waals surface area contributed by atoms with E-state index in [1.165, 1.54) is 24.3 Å². The van der Waals surface area contributed by atoms with Crippen molar-refractivity contribution in [3.8, 4) is 22.6 Å². The topological polar surface area (TPSA) is 213 Å².